The predicted octanol–water partition coefficient (Wildman–Crippen LogP) is 1.99. The molecule has 0 heterocycles. The van der Waals surface area contributed by atoms with Gasteiger partial charge in [0.15, 0.2) is 0 Å². The van der Waals surface area contributed by atoms with E-state index in [1.807, 2.05) is 0 Å². The maximum absolute atomic E-state index is 13.3. The first kappa shape index (κ1) is 12.1. The molecule has 0 fully saturated rings. The van der Waals surface area contributed by atoms with Crippen LogP contribution in [-0.4, -0.2) is 11.1 Å². The number of rotatable bonds is 2. The van der Waals surface area contributed by atoms with E-state index >= 15 is 0 Å². The van der Waals surface area contributed by atoms with Gasteiger partial charge in [0, 0.05) is 11.6 Å². The molecule has 0 radical (unpaired) electrons. The maximum Gasteiger partial charge on any atom is 0.328 e. The molecule has 0 aromatic heterocycles. The van der Waals surface area contributed by atoms with Crippen molar-refractivity contribution in [1.29, 1.82) is 0 Å². The van der Waals surface area contributed by atoms with Gasteiger partial charge in [-0.2, -0.15) is 0 Å². The molecule has 0 saturated carbocycles. The number of hydrogen-bond donors (Lipinski definition) is 2. The third-order valence-corrected chi connectivity index (χ3v) is 2.62. The fourth-order valence-corrected chi connectivity index (χ4v) is 1.38. The molecule has 0 spiro atoms. The second kappa shape index (κ2) is 3.86. The summed E-state index contributed by atoms with van der Waals surface area (Å²) in [5.41, 5.74) is 3.25. The van der Waals surface area contributed by atoms with Gasteiger partial charge in [-0.25, -0.2) is 13.6 Å². The Balaban J connectivity index is 3.38. The minimum atomic E-state index is -1.89. The number of hydrogen-bond acceptors (Lipinski definition) is 2. The van der Waals surface area contributed by atoms with E-state index in [4.69, 9.17) is 10.8 Å². The summed E-state index contributed by atoms with van der Waals surface area (Å²) in [5.74, 6) is -3.18. The number of carboxylic acids is 1. The van der Waals surface area contributed by atoms with Crippen molar-refractivity contribution in [3.05, 3.63) is 33.8 Å². The molecular weight excluding hydrogens is 272 g/mol. The third kappa shape index (κ3) is 2.15. The summed E-state index contributed by atoms with van der Waals surface area (Å²) in [6.07, 6.45) is 0. The first-order valence-electron chi connectivity index (χ1n) is 3.94. The van der Waals surface area contributed by atoms with Crippen molar-refractivity contribution in [2.24, 2.45) is 5.73 Å². The van der Waals surface area contributed by atoms with Crippen LogP contribution in [0.2, 0.25) is 0 Å². The van der Waals surface area contributed by atoms with Gasteiger partial charge in [0.05, 0.1) is 4.47 Å². The highest BCUT2D eigenvalue weighted by atomic mass is 79.9. The zero-order valence-corrected chi connectivity index (χ0v) is 9.31. The van der Waals surface area contributed by atoms with E-state index in [-0.39, 0.29) is 10.0 Å². The lowest BCUT2D eigenvalue weighted by Gasteiger charge is -2.20. The molecule has 82 valence electrons. The summed E-state index contributed by atoms with van der Waals surface area (Å²) in [4.78, 5) is 10.8. The minimum Gasteiger partial charge on any atom is -0.480 e. The van der Waals surface area contributed by atoms with Gasteiger partial charge in [0.1, 0.15) is 17.2 Å². The van der Waals surface area contributed by atoms with E-state index in [2.05, 4.69) is 15.9 Å². The van der Waals surface area contributed by atoms with Gasteiger partial charge < -0.3 is 10.8 Å². The van der Waals surface area contributed by atoms with Gasteiger partial charge >= 0.3 is 5.97 Å². The SMILES string of the molecule is C[C@@](N)(C(=O)O)c1cc(Br)c(F)cc1F. The smallest absolute Gasteiger partial charge is 0.328 e. The highest BCUT2D eigenvalue weighted by Crippen LogP contribution is 2.27. The van der Waals surface area contributed by atoms with Crippen LogP contribution < -0.4 is 5.73 Å². The number of halogens is 3. The second-order valence-electron chi connectivity index (χ2n) is 3.25. The summed E-state index contributed by atoms with van der Waals surface area (Å²) < 4.78 is 26.1. The Bertz CT molecular complexity index is 421. The van der Waals surface area contributed by atoms with E-state index in [1.165, 1.54) is 0 Å². The summed E-state index contributed by atoms with van der Waals surface area (Å²) in [6.45, 7) is 1.14. The van der Waals surface area contributed by atoms with Gasteiger partial charge in [0.25, 0.3) is 0 Å². The first-order chi connectivity index (χ1) is 6.76. The number of aliphatic carboxylic acids is 1. The lowest BCUT2D eigenvalue weighted by atomic mass is 9.93. The Kier molecular flexibility index (Phi) is 3.11. The van der Waals surface area contributed by atoms with Crippen LogP contribution >= 0.6 is 15.9 Å². The van der Waals surface area contributed by atoms with Gasteiger partial charge in [-0.05, 0) is 28.9 Å². The van der Waals surface area contributed by atoms with Crippen LogP contribution in [0.15, 0.2) is 16.6 Å². The molecular formula is C9H8BrF2NO2. The molecule has 6 heteroatoms. The Morgan fingerprint density at radius 1 is 1.47 bits per heavy atom. The molecule has 0 saturated heterocycles. The summed E-state index contributed by atoms with van der Waals surface area (Å²) >= 11 is 2.83. The summed E-state index contributed by atoms with van der Waals surface area (Å²) in [7, 11) is 0. The van der Waals surface area contributed by atoms with Crippen molar-refractivity contribution in [3.8, 4) is 0 Å². The number of carbonyl (C=O) groups is 1. The van der Waals surface area contributed by atoms with E-state index in [1.54, 1.807) is 0 Å². The van der Waals surface area contributed by atoms with Gasteiger partial charge in [-0.3, -0.25) is 0 Å². The van der Waals surface area contributed by atoms with Crippen molar-refractivity contribution in [2.75, 3.05) is 0 Å². The fraction of sp³-hybridized carbons (Fsp3) is 0.222. The average Bonchev–Trinajstić information content (AvgIpc) is 2.10. The third-order valence-electron chi connectivity index (χ3n) is 2.01. The average molecular weight is 280 g/mol. The molecule has 3 N–H and O–H groups in total. The molecule has 1 rings (SSSR count). The normalized spacial score (nSPS) is 14.7. The number of carboxylic acid groups (broad SMARTS) is 1. The van der Waals surface area contributed by atoms with E-state index < -0.39 is 23.1 Å². The lowest BCUT2D eigenvalue weighted by molar-refractivity contribution is -0.143. The van der Waals surface area contributed by atoms with E-state index in [0.29, 0.717) is 6.07 Å². The Morgan fingerprint density at radius 2 is 2.00 bits per heavy atom. The van der Waals surface area contributed by atoms with Crippen molar-refractivity contribution >= 4 is 21.9 Å². The van der Waals surface area contributed by atoms with Crippen LogP contribution in [0.4, 0.5) is 8.78 Å². The monoisotopic (exact) mass is 279 g/mol. The van der Waals surface area contributed by atoms with Crippen LogP contribution in [0, 0.1) is 11.6 Å². The molecule has 0 aliphatic rings. The van der Waals surface area contributed by atoms with Crippen molar-refractivity contribution < 1.29 is 18.7 Å². The molecule has 1 atom stereocenters. The summed E-state index contributed by atoms with van der Waals surface area (Å²) in [6, 6.07) is 1.62. The van der Waals surface area contributed by atoms with Crippen LogP contribution in [0.25, 0.3) is 0 Å². The highest BCUT2D eigenvalue weighted by molar-refractivity contribution is 9.10. The maximum atomic E-state index is 13.3. The van der Waals surface area contributed by atoms with Crippen molar-refractivity contribution in [2.45, 2.75) is 12.5 Å². The van der Waals surface area contributed by atoms with Crippen LogP contribution in [0.3, 0.4) is 0 Å². The fourth-order valence-electron chi connectivity index (χ4n) is 1.04. The van der Waals surface area contributed by atoms with Gasteiger partial charge in [0.2, 0.25) is 0 Å². The molecule has 1 aromatic rings. The van der Waals surface area contributed by atoms with Crippen molar-refractivity contribution in [1.82, 2.24) is 0 Å². The molecule has 1 aromatic carbocycles. The topological polar surface area (TPSA) is 63.3 Å². The predicted molar refractivity (Wildman–Crippen MR) is 53.2 cm³/mol. The highest BCUT2D eigenvalue weighted by Gasteiger charge is 2.33. The van der Waals surface area contributed by atoms with Crippen LogP contribution in [0.1, 0.15) is 12.5 Å². The number of benzene rings is 1. The van der Waals surface area contributed by atoms with E-state index in [0.717, 1.165) is 13.0 Å². The Morgan fingerprint density at radius 3 is 2.47 bits per heavy atom. The first-order valence-corrected chi connectivity index (χ1v) is 4.73. The quantitative estimate of drug-likeness (QED) is 0.814. The molecule has 3 nitrogen and oxygen atoms in total. The number of nitrogens with two attached hydrogens (primary N) is 1. The van der Waals surface area contributed by atoms with Crippen molar-refractivity contribution in [3.63, 3.8) is 0 Å². The van der Waals surface area contributed by atoms with Gasteiger partial charge in [-0.15, -0.1) is 0 Å². The molecule has 0 aliphatic carbocycles. The lowest BCUT2D eigenvalue weighted by Crippen LogP contribution is -2.42. The molecule has 0 amide bonds. The van der Waals surface area contributed by atoms with Crippen LogP contribution in [-0.2, 0) is 10.3 Å². The molecule has 0 aliphatic heterocycles. The Hall–Kier alpha value is -1.01. The largest absolute Gasteiger partial charge is 0.480 e. The second-order valence-corrected chi connectivity index (χ2v) is 4.11. The van der Waals surface area contributed by atoms with Gasteiger partial charge in [-0.1, -0.05) is 0 Å². The minimum absolute atomic E-state index is 0.0307. The molecule has 15 heavy (non-hydrogen) atoms. The Labute approximate surface area is 93.0 Å². The zero-order valence-electron chi connectivity index (χ0n) is 7.72. The van der Waals surface area contributed by atoms with Crippen LogP contribution in [0.5, 0.6) is 0 Å². The molecule has 0 unspecified atom stereocenters. The standard InChI is InChI=1S/C9H8BrF2NO2/c1-9(13,8(14)15)4-2-5(10)7(12)3-6(4)11/h2-3H,13H2,1H3,(H,14,15)/t9-/m0/s1. The summed E-state index contributed by atoms with van der Waals surface area (Å²) in [5, 5.41) is 8.78. The van der Waals surface area contributed by atoms with E-state index in [9.17, 15) is 13.6 Å². The molecule has 0 bridgehead atoms. The zero-order chi connectivity index (χ0) is 11.8.